The first kappa shape index (κ1) is 12.7. The molecule has 3 nitrogen and oxygen atoms in total. The van der Waals surface area contributed by atoms with Crippen LogP contribution in [0.4, 0.5) is 0 Å². The Bertz CT molecular complexity index is 341. The van der Waals surface area contributed by atoms with Crippen molar-refractivity contribution in [1.82, 2.24) is 4.98 Å². The number of hydrogen-bond acceptors (Lipinski definition) is 3. The fourth-order valence-corrected chi connectivity index (χ4v) is 1.11. The minimum atomic E-state index is -0.168. The van der Waals surface area contributed by atoms with Crippen LogP contribution in [0.5, 0.6) is 0 Å². The lowest BCUT2D eigenvalue weighted by molar-refractivity contribution is -0.153. The predicted molar refractivity (Wildman–Crippen MR) is 62.7 cm³/mol. The Hall–Kier alpha value is -1.38. The molecule has 0 saturated carbocycles. The molecule has 1 atom stereocenters. The van der Waals surface area contributed by atoms with Crippen molar-refractivity contribution in [2.45, 2.75) is 34.3 Å². The lowest BCUT2D eigenvalue weighted by atomic mass is 9.82. The second-order valence-electron chi connectivity index (χ2n) is 5.02. The molecule has 0 aromatic carbocycles. The smallest absolute Gasteiger partial charge is 0.309 e. The molecule has 0 bridgehead atoms. The van der Waals surface area contributed by atoms with Crippen LogP contribution >= 0.6 is 0 Å². The van der Waals surface area contributed by atoms with Crippen molar-refractivity contribution in [3.8, 4) is 0 Å². The van der Waals surface area contributed by atoms with E-state index in [0.29, 0.717) is 0 Å². The number of carbonyl (C=O) groups excluding carboxylic acids is 1. The molecular weight excluding hydrogens is 202 g/mol. The van der Waals surface area contributed by atoms with E-state index >= 15 is 0 Å². The number of aromatic nitrogens is 1. The third-order valence-electron chi connectivity index (χ3n) is 2.74. The van der Waals surface area contributed by atoms with Gasteiger partial charge in [0.1, 0.15) is 6.61 Å². The van der Waals surface area contributed by atoms with E-state index in [1.165, 1.54) is 0 Å². The molecule has 0 spiro atoms. The molecule has 0 saturated heterocycles. The maximum absolute atomic E-state index is 11.7. The third kappa shape index (κ3) is 3.65. The number of esters is 1. The van der Waals surface area contributed by atoms with Crippen molar-refractivity contribution in [3.63, 3.8) is 0 Å². The van der Waals surface area contributed by atoms with E-state index in [-0.39, 0.29) is 23.9 Å². The number of hydrogen-bond donors (Lipinski definition) is 0. The topological polar surface area (TPSA) is 39.2 Å². The van der Waals surface area contributed by atoms with Crippen molar-refractivity contribution in [2.24, 2.45) is 11.3 Å². The Balaban J connectivity index is 2.48. The minimum absolute atomic E-state index is 0.0683. The van der Waals surface area contributed by atoms with Crippen molar-refractivity contribution in [1.29, 1.82) is 0 Å². The van der Waals surface area contributed by atoms with Gasteiger partial charge in [-0.1, -0.05) is 33.8 Å². The van der Waals surface area contributed by atoms with Crippen LogP contribution in [0.25, 0.3) is 0 Å². The van der Waals surface area contributed by atoms with E-state index in [1.807, 2.05) is 45.9 Å². The monoisotopic (exact) mass is 221 g/mol. The Morgan fingerprint density at radius 2 is 2.12 bits per heavy atom. The lowest BCUT2D eigenvalue weighted by Crippen LogP contribution is -2.27. The normalized spacial score (nSPS) is 13.2. The minimum Gasteiger partial charge on any atom is -0.459 e. The van der Waals surface area contributed by atoms with E-state index in [2.05, 4.69) is 4.98 Å². The van der Waals surface area contributed by atoms with Gasteiger partial charge in [-0.05, 0) is 17.5 Å². The van der Waals surface area contributed by atoms with Gasteiger partial charge in [0.15, 0.2) is 0 Å². The molecule has 0 aliphatic rings. The van der Waals surface area contributed by atoms with Crippen LogP contribution in [0, 0.1) is 11.3 Å². The van der Waals surface area contributed by atoms with Gasteiger partial charge >= 0.3 is 5.97 Å². The van der Waals surface area contributed by atoms with Gasteiger partial charge in [0.05, 0.1) is 11.6 Å². The van der Waals surface area contributed by atoms with E-state index in [4.69, 9.17) is 4.74 Å². The summed E-state index contributed by atoms with van der Waals surface area (Å²) in [5.74, 6) is -0.283. The number of pyridine rings is 1. The molecule has 0 fully saturated rings. The maximum atomic E-state index is 11.7. The molecular formula is C13H19NO2. The Morgan fingerprint density at radius 1 is 1.44 bits per heavy atom. The van der Waals surface area contributed by atoms with Gasteiger partial charge in [-0.3, -0.25) is 9.78 Å². The Labute approximate surface area is 96.8 Å². The van der Waals surface area contributed by atoms with Crippen molar-refractivity contribution >= 4 is 5.97 Å². The summed E-state index contributed by atoms with van der Waals surface area (Å²) in [5, 5.41) is 0. The molecule has 1 unspecified atom stereocenters. The van der Waals surface area contributed by atoms with Gasteiger partial charge in [0.2, 0.25) is 0 Å². The first-order valence-electron chi connectivity index (χ1n) is 5.48. The highest BCUT2D eigenvalue weighted by atomic mass is 16.5. The molecule has 1 aromatic heterocycles. The molecule has 3 heteroatoms. The zero-order valence-electron chi connectivity index (χ0n) is 10.4. The van der Waals surface area contributed by atoms with Crippen LogP contribution < -0.4 is 0 Å². The van der Waals surface area contributed by atoms with Gasteiger partial charge < -0.3 is 4.74 Å². The summed E-state index contributed by atoms with van der Waals surface area (Å²) in [6.07, 6.45) is 1.69. The summed E-state index contributed by atoms with van der Waals surface area (Å²) in [6, 6.07) is 5.56. The summed E-state index contributed by atoms with van der Waals surface area (Å²) in [7, 11) is 0. The van der Waals surface area contributed by atoms with Gasteiger partial charge in [-0.2, -0.15) is 0 Å². The molecule has 88 valence electrons. The quantitative estimate of drug-likeness (QED) is 0.737. The summed E-state index contributed by atoms with van der Waals surface area (Å²) >= 11 is 0. The summed E-state index contributed by atoms with van der Waals surface area (Å²) in [4.78, 5) is 15.8. The van der Waals surface area contributed by atoms with Gasteiger partial charge in [-0.25, -0.2) is 0 Å². The number of ether oxygens (including phenoxy) is 1. The van der Waals surface area contributed by atoms with Crippen LogP contribution in [-0.4, -0.2) is 11.0 Å². The van der Waals surface area contributed by atoms with Gasteiger partial charge in [0.25, 0.3) is 0 Å². The molecule has 1 aromatic rings. The molecule has 0 radical (unpaired) electrons. The molecule has 1 rings (SSSR count). The van der Waals surface area contributed by atoms with E-state index in [0.717, 1.165) is 5.69 Å². The van der Waals surface area contributed by atoms with E-state index < -0.39 is 0 Å². The highest BCUT2D eigenvalue weighted by Crippen LogP contribution is 2.26. The Morgan fingerprint density at radius 3 is 2.62 bits per heavy atom. The second-order valence-corrected chi connectivity index (χ2v) is 5.02. The van der Waals surface area contributed by atoms with Crippen molar-refractivity contribution in [2.75, 3.05) is 0 Å². The summed E-state index contributed by atoms with van der Waals surface area (Å²) < 4.78 is 5.21. The third-order valence-corrected chi connectivity index (χ3v) is 2.74. The average molecular weight is 221 g/mol. The lowest BCUT2D eigenvalue weighted by Gasteiger charge is -2.25. The van der Waals surface area contributed by atoms with Gasteiger partial charge in [0, 0.05) is 6.20 Å². The fraction of sp³-hybridized carbons (Fsp3) is 0.538. The molecule has 0 aliphatic heterocycles. The van der Waals surface area contributed by atoms with Gasteiger partial charge in [-0.15, -0.1) is 0 Å². The van der Waals surface area contributed by atoms with Crippen molar-refractivity contribution < 1.29 is 9.53 Å². The van der Waals surface area contributed by atoms with Crippen LogP contribution in [-0.2, 0) is 16.1 Å². The fourth-order valence-electron chi connectivity index (χ4n) is 1.11. The SMILES string of the molecule is CC(C(=O)OCc1ccccn1)C(C)(C)C. The maximum Gasteiger partial charge on any atom is 0.309 e. The second kappa shape index (κ2) is 5.10. The molecule has 0 amide bonds. The number of nitrogens with zero attached hydrogens (tertiary/aromatic N) is 1. The van der Waals surface area contributed by atoms with E-state index in [1.54, 1.807) is 6.20 Å². The number of carbonyl (C=O) groups is 1. The first-order chi connectivity index (χ1) is 7.41. The number of rotatable bonds is 3. The predicted octanol–water partition coefficient (Wildman–Crippen LogP) is 2.81. The average Bonchev–Trinajstić information content (AvgIpc) is 2.25. The molecule has 1 heterocycles. The Kier molecular flexibility index (Phi) is 4.05. The first-order valence-corrected chi connectivity index (χ1v) is 5.48. The summed E-state index contributed by atoms with van der Waals surface area (Å²) in [5.41, 5.74) is 0.707. The molecule has 0 N–H and O–H groups in total. The van der Waals surface area contributed by atoms with E-state index in [9.17, 15) is 4.79 Å². The van der Waals surface area contributed by atoms with Crippen LogP contribution in [0.1, 0.15) is 33.4 Å². The zero-order valence-corrected chi connectivity index (χ0v) is 10.4. The standard InChI is InChI=1S/C13H19NO2/c1-10(13(2,3)4)12(15)16-9-11-7-5-6-8-14-11/h5-8,10H,9H2,1-4H3. The van der Waals surface area contributed by atoms with Crippen LogP contribution in [0.2, 0.25) is 0 Å². The van der Waals surface area contributed by atoms with Crippen LogP contribution in [0.15, 0.2) is 24.4 Å². The highest BCUT2D eigenvalue weighted by molar-refractivity contribution is 5.72. The zero-order chi connectivity index (χ0) is 12.2. The molecule has 0 aliphatic carbocycles. The largest absolute Gasteiger partial charge is 0.459 e. The van der Waals surface area contributed by atoms with Crippen molar-refractivity contribution in [3.05, 3.63) is 30.1 Å². The molecule has 16 heavy (non-hydrogen) atoms. The highest BCUT2D eigenvalue weighted by Gasteiger charge is 2.27. The summed E-state index contributed by atoms with van der Waals surface area (Å²) in [6.45, 7) is 8.22. The van der Waals surface area contributed by atoms with Crippen LogP contribution in [0.3, 0.4) is 0 Å².